The summed E-state index contributed by atoms with van der Waals surface area (Å²) in [5, 5.41) is 7.73. The minimum atomic E-state index is -0.357. The number of carbonyl (C=O) groups excluding carboxylic acids is 3. The predicted molar refractivity (Wildman–Crippen MR) is 125 cm³/mol. The molecule has 0 bridgehead atoms. The van der Waals surface area contributed by atoms with Crippen molar-refractivity contribution in [3.63, 3.8) is 0 Å². The van der Waals surface area contributed by atoms with Crippen LogP contribution < -0.4 is 5.32 Å². The van der Waals surface area contributed by atoms with E-state index in [9.17, 15) is 14.4 Å². The van der Waals surface area contributed by atoms with Crippen LogP contribution in [0.3, 0.4) is 0 Å². The number of ether oxygens (including phenoxy) is 3. The fourth-order valence-electron chi connectivity index (χ4n) is 4.53. The second-order valence-electron chi connectivity index (χ2n) is 9.09. The minimum absolute atomic E-state index is 0.0564. The molecule has 3 rings (SSSR count). The quantitative estimate of drug-likeness (QED) is 0.624. The number of esters is 1. The smallest absolute Gasteiger partial charge is 0.409 e. The zero-order valence-electron chi connectivity index (χ0n) is 20.6. The maximum absolute atomic E-state index is 12.9. The van der Waals surface area contributed by atoms with Gasteiger partial charge < -0.3 is 24.4 Å². The highest BCUT2D eigenvalue weighted by Crippen LogP contribution is 2.23. The first-order valence-corrected chi connectivity index (χ1v) is 12.4. The highest BCUT2D eigenvalue weighted by molar-refractivity contribution is 5.94. The van der Waals surface area contributed by atoms with Crippen LogP contribution in [-0.2, 0) is 38.4 Å². The van der Waals surface area contributed by atoms with E-state index < -0.39 is 0 Å². The topological polar surface area (TPSA) is 112 Å². The van der Waals surface area contributed by atoms with Crippen LogP contribution in [0.4, 0.5) is 4.79 Å². The van der Waals surface area contributed by atoms with Crippen molar-refractivity contribution in [2.24, 2.45) is 11.8 Å². The van der Waals surface area contributed by atoms with Gasteiger partial charge in [0.2, 0.25) is 0 Å². The number of hydrogen-bond acceptors (Lipinski definition) is 7. The summed E-state index contributed by atoms with van der Waals surface area (Å²) in [6.07, 6.45) is 3.76. The Hall–Kier alpha value is -2.62. The van der Waals surface area contributed by atoms with Crippen LogP contribution >= 0.6 is 0 Å². The molecule has 3 heterocycles. The van der Waals surface area contributed by atoms with Gasteiger partial charge in [-0.1, -0.05) is 6.92 Å². The van der Waals surface area contributed by atoms with Crippen molar-refractivity contribution in [3.05, 3.63) is 17.0 Å². The van der Waals surface area contributed by atoms with E-state index in [0.717, 1.165) is 30.5 Å². The van der Waals surface area contributed by atoms with Crippen molar-refractivity contribution < 1.29 is 28.6 Å². The summed E-state index contributed by atoms with van der Waals surface area (Å²) in [5.74, 6) is -0.449. The molecule has 0 saturated carbocycles. The number of rotatable bonds is 6. The molecule has 0 aromatic carbocycles. The van der Waals surface area contributed by atoms with Crippen LogP contribution in [0.25, 0.3) is 0 Å². The highest BCUT2D eigenvalue weighted by atomic mass is 16.5. The van der Waals surface area contributed by atoms with Crippen molar-refractivity contribution >= 4 is 18.0 Å². The summed E-state index contributed by atoms with van der Waals surface area (Å²) in [6, 6.07) is 0. The first-order valence-electron chi connectivity index (χ1n) is 12.4. The van der Waals surface area contributed by atoms with E-state index >= 15 is 0 Å². The molecule has 0 radical (unpaired) electrons. The van der Waals surface area contributed by atoms with Crippen LogP contribution in [0.5, 0.6) is 0 Å². The molecule has 0 aliphatic carbocycles. The van der Waals surface area contributed by atoms with Gasteiger partial charge in [-0.2, -0.15) is 5.10 Å². The number of nitrogens with zero attached hydrogens (tertiary/aromatic N) is 3. The first-order chi connectivity index (χ1) is 16.4. The number of hydrogen-bond donors (Lipinski definition) is 1. The average molecular weight is 479 g/mol. The molecular weight excluding hydrogens is 440 g/mol. The van der Waals surface area contributed by atoms with E-state index in [1.807, 2.05) is 13.8 Å². The number of piperidine rings is 1. The van der Waals surface area contributed by atoms with Crippen LogP contribution in [0.2, 0.25) is 0 Å². The average Bonchev–Trinajstić information content (AvgIpc) is 3.18. The van der Waals surface area contributed by atoms with Crippen LogP contribution in [0.15, 0.2) is 0 Å². The molecule has 0 unspecified atom stereocenters. The molecule has 190 valence electrons. The van der Waals surface area contributed by atoms with E-state index in [1.165, 1.54) is 7.11 Å². The second kappa shape index (κ2) is 12.7. The number of carbonyl (C=O) groups is 3. The number of aromatic nitrogens is 2. The summed E-state index contributed by atoms with van der Waals surface area (Å²) >= 11 is 0. The minimum Gasteiger partial charge on any atom is -0.465 e. The van der Waals surface area contributed by atoms with E-state index in [1.54, 1.807) is 9.58 Å². The van der Waals surface area contributed by atoms with Gasteiger partial charge in [0.05, 0.1) is 25.3 Å². The van der Waals surface area contributed by atoms with Crippen LogP contribution in [-0.4, -0.2) is 79.2 Å². The van der Waals surface area contributed by atoms with Gasteiger partial charge in [0.25, 0.3) is 5.91 Å². The normalized spacial score (nSPS) is 18.9. The molecule has 2 aliphatic heterocycles. The van der Waals surface area contributed by atoms with Gasteiger partial charge in [0.15, 0.2) is 0 Å². The Morgan fingerprint density at radius 1 is 1.24 bits per heavy atom. The Morgan fingerprint density at radius 2 is 1.97 bits per heavy atom. The number of aryl methyl sites for hydroxylation is 1. The predicted octanol–water partition coefficient (Wildman–Crippen LogP) is 2.19. The fraction of sp³-hybridized carbons (Fsp3) is 0.750. The molecule has 1 N–H and O–H groups in total. The lowest BCUT2D eigenvalue weighted by atomic mass is 9.97. The van der Waals surface area contributed by atoms with Gasteiger partial charge in [-0.15, -0.1) is 0 Å². The third kappa shape index (κ3) is 6.71. The second-order valence-corrected chi connectivity index (χ2v) is 9.09. The molecular formula is C24H38N4O6. The van der Waals surface area contributed by atoms with E-state index in [-0.39, 0.29) is 29.8 Å². The lowest BCUT2D eigenvalue weighted by Crippen LogP contribution is -2.40. The zero-order chi connectivity index (χ0) is 24.5. The Bertz CT molecular complexity index is 847. The van der Waals surface area contributed by atoms with Gasteiger partial charge in [-0.3, -0.25) is 14.3 Å². The molecule has 34 heavy (non-hydrogen) atoms. The SMILES string of the molecule is CCn1nc(C[C@@H](C)COC(=O)C2CCN(C(=O)OC)CC2)c2c1C(=O)NCCCOCCC2. The molecule has 1 saturated heterocycles. The van der Waals surface area contributed by atoms with Crippen molar-refractivity contribution in [2.75, 3.05) is 46.6 Å². The standard InChI is InChI=1S/C24H38N4O6/c1-4-28-21-19(7-5-13-33-14-6-10-25-22(21)29)20(26-28)15-17(2)16-34-23(30)18-8-11-27(12-9-18)24(31)32-3/h17-18H,4-16H2,1-3H3,(H,25,29)/t17-/m1/s1. The Labute approximate surface area is 201 Å². The number of nitrogens with one attached hydrogen (secondary N) is 1. The number of likely N-dealkylation sites (tertiary alicyclic amines) is 1. The Kier molecular flexibility index (Phi) is 9.74. The number of amides is 2. The summed E-state index contributed by atoms with van der Waals surface area (Å²) in [4.78, 5) is 38.7. The van der Waals surface area contributed by atoms with Gasteiger partial charge >= 0.3 is 12.1 Å². The first kappa shape index (κ1) is 26.0. The van der Waals surface area contributed by atoms with Crippen molar-refractivity contribution in [3.8, 4) is 0 Å². The van der Waals surface area contributed by atoms with Crippen molar-refractivity contribution in [1.82, 2.24) is 20.0 Å². The maximum atomic E-state index is 12.9. The lowest BCUT2D eigenvalue weighted by molar-refractivity contribution is -0.151. The molecule has 10 heteroatoms. The molecule has 2 aliphatic rings. The lowest BCUT2D eigenvalue weighted by Gasteiger charge is -2.29. The summed E-state index contributed by atoms with van der Waals surface area (Å²) < 4.78 is 17.8. The summed E-state index contributed by atoms with van der Waals surface area (Å²) in [7, 11) is 1.36. The molecule has 1 atom stereocenters. The largest absolute Gasteiger partial charge is 0.465 e. The van der Waals surface area contributed by atoms with E-state index in [4.69, 9.17) is 19.3 Å². The van der Waals surface area contributed by atoms with E-state index in [2.05, 4.69) is 5.32 Å². The Balaban J connectivity index is 1.59. The van der Waals surface area contributed by atoms with Gasteiger partial charge in [0.1, 0.15) is 5.69 Å². The fourth-order valence-corrected chi connectivity index (χ4v) is 4.53. The van der Waals surface area contributed by atoms with Crippen LogP contribution in [0, 0.1) is 11.8 Å². The maximum Gasteiger partial charge on any atom is 0.409 e. The monoisotopic (exact) mass is 478 g/mol. The third-order valence-corrected chi connectivity index (χ3v) is 6.43. The van der Waals surface area contributed by atoms with Gasteiger partial charge in [0, 0.05) is 45.0 Å². The molecule has 1 fully saturated rings. The Morgan fingerprint density at radius 3 is 2.68 bits per heavy atom. The molecule has 10 nitrogen and oxygen atoms in total. The number of fused-ring (bicyclic) bond motifs is 1. The summed E-state index contributed by atoms with van der Waals surface area (Å²) in [6.45, 7) is 7.78. The van der Waals surface area contributed by atoms with Crippen LogP contribution in [0.1, 0.15) is 61.3 Å². The van der Waals surface area contributed by atoms with Crippen molar-refractivity contribution in [1.29, 1.82) is 0 Å². The van der Waals surface area contributed by atoms with E-state index in [0.29, 0.717) is 71.0 Å². The molecule has 1 aromatic heterocycles. The third-order valence-electron chi connectivity index (χ3n) is 6.43. The van der Waals surface area contributed by atoms with Crippen molar-refractivity contribution in [2.45, 2.75) is 58.9 Å². The van der Waals surface area contributed by atoms with Gasteiger partial charge in [-0.25, -0.2) is 4.79 Å². The molecule has 0 spiro atoms. The number of methoxy groups -OCH3 is 1. The highest BCUT2D eigenvalue weighted by Gasteiger charge is 2.29. The molecule has 1 aromatic rings. The van der Waals surface area contributed by atoms with Gasteiger partial charge in [-0.05, 0) is 51.4 Å². The molecule has 2 amide bonds. The summed E-state index contributed by atoms with van der Waals surface area (Å²) in [5.41, 5.74) is 2.50. The zero-order valence-corrected chi connectivity index (χ0v) is 20.6.